The standard InChI is InChI=1S/C17H21BF2N2O6/c1-11(19)16(23)22-8-2-3-14(10-22)27-17(24)21-15(28-18(25)26)9-12-4-6-13(20)7-5-12/h4-7,14-15,25-26H,1-3,8-10H2,(H,21,24)/t14-,15+/m0/s1. The number of piperidine rings is 1. The lowest BCUT2D eigenvalue weighted by molar-refractivity contribution is -0.131. The second-order valence-corrected chi connectivity index (χ2v) is 6.25. The van der Waals surface area contributed by atoms with Crippen molar-refractivity contribution in [3.8, 4) is 0 Å². The highest BCUT2D eigenvalue weighted by Gasteiger charge is 2.29. The molecule has 11 heteroatoms. The molecule has 3 N–H and O–H groups in total. The number of hydrogen-bond donors (Lipinski definition) is 3. The molecule has 1 saturated heterocycles. The fourth-order valence-electron chi connectivity index (χ4n) is 2.82. The molecule has 28 heavy (non-hydrogen) atoms. The van der Waals surface area contributed by atoms with Crippen molar-refractivity contribution in [3.63, 3.8) is 0 Å². The Morgan fingerprint density at radius 1 is 1.36 bits per heavy atom. The predicted molar refractivity (Wildman–Crippen MR) is 94.6 cm³/mol. The van der Waals surface area contributed by atoms with Crippen molar-refractivity contribution >= 4 is 19.3 Å². The molecule has 1 heterocycles. The Kier molecular flexibility index (Phi) is 7.91. The summed E-state index contributed by atoms with van der Waals surface area (Å²) in [5.74, 6) is -2.38. The summed E-state index contributed by atoms with van der Waals surface area (Å²) in [5.41, 5.74) is 0.572. The first-order chi connectivity index (χ1) is 13.2. The molecule has 2 rings (SSSR count). The second-order valence-electron chi connectivity index (χ2n) is 6.25. The molecule has 1 aromatic carbocycles. The Morgan fingerprint density at radius 3 is 2.64 bits per heavy atom. The van der Waals surface area contributed by atoms with Gasteiger partial charge in [0.05, 0.1) is 6.54 Å². The van der Waals surface area contributed by atoms with Gasteiger partial charge in [-0.3, -0.25) is 10.1 Å². The van der Waals surface area contributed by atoms with Crippen LogP contribution in [0.4, 0.5) is 13.6 Å². The van der Waals surface area contributed by atoms with Gasteiger partial charge in [0.15, 0.2) is 5.83 Å². The third-order valence-corrected chi connectivity index (χ3v) is 4.07. The third kappa shape index (κ3) is 6.91. The lowest BCUT2D eigenvalue weighted by Gasteiger charge is -2.32. The van der Waals surface area contributed by atoms with Crippen LogP contribution in [0.2, 0.25) is 0 Å². The van der Waals surface area contributed by atoms with Crippen LogP contribution in [0, 0.1) is 5.82 Å². The second kappa shape index (κ2) is 10.2. The maximum atomic E-state index is 13.0. The van der Waals surface area contributed by atoms with Crippen molar-refractivity contribution in [1.29, 1.82) is 0 Å². The normalized spacial score (nSPS) is 17.6. The number of amides is 2. The van der Waals surface area contributed by atoms with Crippen molar-refractivity contribution in [2.75, 3.05) is 13.1 Å². The largest absolute Gasteiger partial charge is 0.635 e. The summed E-state index contributed by atoms with van der Waals surface area (Å²) in [7, 11) is -2.15. The topological polar surface area (TPSA) is 108 Å². The van der Waals surface area contributed by atoms with E-state index in [0.717, 1.165) is 0 Å². The first-order valence-corrected chi connectivity index (χ1v) is 8.61. The smallest absolute Gasteiger partial charge is 0.444 e. The first kappa shape index (κ1) is 21.8. The van der Waals surface area contributed by atoms with Gasteiger partial charge in [-0.25, -0.2) is 13.6 Å². The van der Waals surface area contributed by atoms with E-state index in [1.165, 1.54) is 29.2 Å². The van der Waals surface area contributed by atoms with Crippen molar-refractivity contribution in [2.45, 2.75) is 31.6 Å². The zero-order valence-electron chi connectivity index (χ0n) is 15.0. The molecular formula is C17H21BF2N2O6. The number of carbonyl (C=O) groups excluding carboxylic acids is 2. The molecule has 2 amide bonds. The minimum Gasteiger partial charge on any atom is -0.444 e. The molecule has 8 nitrogen and oxygen atoms in total. The molecule has 1 aliphatic rings. The number of carbonyl (C=O) groups is 2. The van der Waals surface area contributed by atoms with Gasteiger partial charge in [-0.2, -0.15) is 0 Å². The van der Waals surface area contributed by atoms with Crippen molar-refractivity contribution in [3.05, 3.63) is 48.1 Å². The van der Waals surface area contributed by atoms with Gasteiger partial charge in [-0.1, -0.05) is 18.7 Å². The van der Waals surface area contributed by atoms with E-state index < -0.39 is 43.3 Å². The molecule has 0 aromatic heterocycles. The van der Waals surface area contributed by atoms with Crippen LogP contribution in [-0.2, 0) is 20.6 Å². The summed E-state index contributed by atoms with van der Waals surface area (Å²) >= 11 is 0. The van der Waals surface area contributed by atoms with E-state index in [2.05, 4.69) is 11.9 Å². The maximum absolute atomic E-state index is 13.0. The van der Waals surface area contributed by atoms with E-state index in [1.54, 1.807) is 0 Å². The van der Waals surface area contributed by atoms with Crippen LogP contribution in [-0.4, -0.2) is 59.7 Å². The van der Waals surface area contributed by atoms with E-state index >= 15 is 0 Å². The minimum atomic E-state index is -2.15. The van der Waals surface area contributed by atoms with Gasteiger partial charge in [0.2, 0.25) is 0 Å². The number of nitrogens with one attached hydrogen (secondary N) is 1. The molecule has 0 spiro atoms. The highest BCUT2D eigenvalue weighted by Crippen LogP contribution is 2.16. The maximum Gasteiger partial charge on any atom is 0.635 e. The summed E-state index contributed by atoms with van der Waals surface area (Å²) < 4.78 is 36.0. The molecule has 1 aliphatic heterocycles. The summed E-state index contributed by atoms with van der Waals surface area (Å²) in [4.78, 5) is 25.0. The fourth-order valence-corrected chi connectivity index (χ4v) is 2.82. The molecule has 1 aromatic rings. The fraction of sp³-hybridized carbons (Fsp3) is 0.412. The Morgan fingerprint density at radius 2 is 2.04 bits per heavy atom. The van der Waals surface area contributed by atoms with E-state index in [-0.39, 0.29) is 13.0 Å². The molecule has 0 bridgehead atoms. The summed E-state index contributed by atoms with van der Waals surface area (Å²) in [6.45, 7) is 3.31. The average molecular weight is 398 g/mol. The quantitative estimate of drug-likeness (QED) is 0.358. The van der Waals surface area contributed by atoms with Gasteiger partial charge in [0.25, 0.3) is 5.91 Å². The van der Waals surface area contributed by atoms with Gasteiger partial charge >= 0.3 is 13.4 Å². The number of rotatable bonds is 7. The van der Waals surface area contributed by atoms with Crippen LogP contribution >= 0.6 is 0 Å². The van der Waals surface area contributed by atoms with Crippen molar-refractivity contribution < 1.29 is 37.8 Å². The molecule has 0 unspecified atom stereocenters. The van der Waals surface area contributed by atoms with Gasteiger partial charge < -0.3 is 24.3 Å². The highest BCUT2D eigenvalue weighted by atomic mass is 19.1. The molecule has 0 aliphatic carbocycles. The number of nitrogens with zero attached hydrogens (tertiary/aromatic N) is 1. The zero-order chi connectivity index (χ0) is 20.7. The molecule has 152 valence electrons. The molecular weight excluding hydrogens is 377 g/mol. The Balaban J connectivity index is 1.92. The zero-order valence-corrected chi connectivity index (χ0v) is 15.0. The van der Waals surface area contributed by atoms with Gasteiger partial charge in [0.1, 0.15) is 18.1 Å². The number of benzene rings is 1. The van der Waals surface area contributed by atoms with Crippen LogP contribution in [0.5, 0.6) is 0 Å². The van der Waals surface area contributed by atoms with E-state index in [0.29, 0.717) is 24.9 Å². The first-order valence-electron chi connectivity index (χ1n) is 8.61. The lowest BCUT2D eigenvalue weighted by Crippen LogP contribution is -2.47. The van der Waals surface area contributed by atoms with Gasteiger partial charge in [-0.05, 0) is 30.5 Å². The Labute approximate surface area is 160 Å². The van der Waals surface area contributed by atoms with Crippen LogP contribution in [0.15, 0.2) is 36.7 Å². The summed E-state index contributed by atoms with van der Waals surface area (Å²) in [6.07, 6.45) is -1.73. The molecule has 0 radical (unpaired) electrons. The number of hydrogen-bond acceptors (Lipinski definition) is 6. The van der Waals surface area contributed by atoms with Crippen molar-refractivity contribution in [1.82, 2.24) is 10.2 Å². The number of likely N-dealkylation sites (tertiary alicyclic amines) is 1. The summed E-state index contributed by atoms with van der Waals surface area (Å²) in [5, 5.41) is 20.4. The monoisotopic (exact) mass is 398 g/mol. The molecule has 2 atom stereocenters. The highest BCUT2D eigenvalue weighted by molar-refractivity contribution is 6.32. The number of halogens is 2. The Hall–Kier alpha value is -2.50. The van der Waals surface area contributed by atoms with Gasteiger partial charge in [0, 0.05) is 13.0 Å². The number of alkyl carbamates (subject to hydrolysis) is 1. The van der Waals surface area contributed by atoms with Crippen LogP contribution in [0.1, 0.15) is 18.4 Å². The van der Waals surface area contributed by atoms with Crippen LogP contribution < -0.4 is 5.32 Å². The van der Waals surface area contributed by atoms with Gasteiger partial charge in [-0.15, -0.1) is 0 Å². The molecule has 1 fully saturated rings. The van der Waals surface area contributed by atoms with Crippen LogP contribution in [0.3, 0.4) is 0 Å². The Bertz CT molecular complexity index is 703. The average Bonchev–Trinajstić information content (AvgIpc) is 2.62. The lowest BCUT2D eigenvalue weighted by atomic mass is 10.1. The SMILES string of the molecule is C=C(F)C(=O)N1CCC[C@H](OC(=O)N[C@@H](Cc2ccc(F)cc2)OB(O)O)C1. The van der Waals surface area contributed by atoms with E-state index in [9.17, 15) is 18.4 Å². The summed E-state index contributed by atoms with van der Waals surface area (Å²) in [6, 6.07) is 5.34. The minimum absolute atomic E-state index is 0.0152. The third-order valence-electron chi connectivity index (χ3n) is 4.07. The van der Waals surface area contributed by atoms with E-state index in [4.69, 9.17) is 19.4 Å². The van der Waals surface area contributed by atoms with E-state index in [1.807, 2.05) is 0 Å². The van der Waals surface area contributed by atoms with Crippen LogP contribution in [0.25, 0.3) is 0 Å². The van der Waals surface area contributed by atoms with Crippen molar-refractivity contribution in [2.24, 2.45) is 0 Å². The molecule has 0 saturated carbocycles. The predicted octanol–water partition coefficient (Wildman–Crippen LogP) is 0.881. The number of ether oxygens (including phenoxy) is 1.